The second-order valence-electron chi connectivity index (χ2n) is 4.48. The van der Waals surface area contributed by atoms with Crippen LogP contribution < -0.4 is 10.6 Å². The number of urea groups is 1. The van der Waals surface area contributed by atoms with E-state index >= 15 is 0 Å². The first kappa shape index (κ1) is 18.3. The number of nitrogens with zero attached hydrogens (tertiary/aromatic N) is 3. The molecule has 0 aromatic heterocycles. The van der Waals surface area contributed by atoms with E-state index in [1.54, 1.807) is 37.4 Å². The quantitative estimate of drug-likeness (QED) is 0.609. The van der Waals surface area contributed by atoms with E-state index in [4.69, 9.17) is 10.5 Å². The van der Waals surface area contributed by atoms with Gasteiger partial charge in [-0.3, -0.25) is 4.79 Å². The maximum Gasteiger partial charge on any atom is 0.319 e. The summed E-state index contributed by atoms with van der Waals surface area (Å²) in [5.41, 5.74) is 0.989. The van der Waals surface area contributed by atoms with Crippen molar-refractivity contribution in [2.75, 3.05) is 23.9 Å². The third-order valence-electron chi connectivity index (χ3n) is 2.91. The van der Waals surface area contributed by atoms with E-state index in [-0.39, 0.29) is 6.54 Å². The number of hydrogen-bond acceptors (Lipinski definition) is 5. The van der Waals surface area contributed by atoms with Gasteiger partial charge in [0.25, 0.3) is 5.91 Å². The normalized spacial score (nSPS) is 10.8. The topological polar surface area (TPSA) is 109 Å². The lowest BCUT2D eigenvalue weighted by Crippen LogP contribution is -2.49. The molecule has 23 heavy (non-hydrogen) atoms. The van der Waals surface area contributed by atoms with Crippen LogP contribution in [0.25, 0.3) is 0 Å². The number of rotatable bonds is 6. The van der Waals surface area contributed by atoms with Crippen LogP contribution in [0.4, 0.5) is 10.5 Å². The fraction of sp³-hybridized carbons (Fsp3) is 0.333. The Morgan fingerprint density at radius 3 is 2.43 bits per heavy atom. The zero-order valence-electron chi connectivity index (χ0n) is 12.9. The molecule has 1 aromatic rings. The van der Waals surface area contributed by atoms with Gasteiger partial charge < -0.3 is 10.6 Å². The fourth-order valence-electron chi connectivity index (χ4n) is 1.76. The number of thioether (sulfide) groups is 1. The summed E-state index contributed by atoms with van der Waals surface area (Å²) in [4.78, 5) is 25.2. The van der Waals surface area contributed by atoms with Gasteiger partial charge in [0.05, 0.1) is 11.6 Å². The highest BCUT2D eigenvalue weighted by molar-refractivity contribution is 7.98. The number of likely N-dealkylation sites (N-methyl/N-ethyl adjacent to an activating group) is 1. The molecule has 0 aliphatic rings. The zero-order chi connectivity index (χ0) is 17.2. The third kappa shape index (κ3) is 5.53. The van der Waals surface area contributed by atoms with Gasteiger partial charge in [-0.25, -0.2) is 9.69 Å². The fourth-order valence-corrected chi connectivity index (χ4v) is 2.32. The number of amides is 3. The highest BCUT2D eigenvalue weighted by Gasteiger charge is 2.24. The van der Waals surface area contributed by atoms with E-state index < -0.39 is 18.0 Å². The van der Waals surface area contributed by atoms with Crippen molar-refractivity contribution >= 4 is 29.4 Å². The van der Waals surface area contributed by atoms with Crippen molar-refractivity contribution < 1.29 is 9.59 Å². The molecule has 1 atom stereocenters. The molecule has 0 saturated heterocycles. The molecule has 7 nitrogen and oxygen atoms in total. The van der Waals surface area contributed by atoms with E-state index in [0.29, 0.717) is 17.0 Å². The first-order valence-corrected chi connectivity index (χ1v) is 8.22. The summed E-state index contributed by atoms with van der Waals surface area (Å²) in [5.74, 6) is -0.0861. The van der Waals surface area contributed by atoms with Crippen LogP contribution in [0.15, 0.2) is 24.3 Å². The minimum atomic E-state index is -0.789. The average Bonchev–Trinajstić information content (AvgIpc) is 2.56. The van der Waals surface area contributed by atoms with Crippen molar-refractivity contribution in [3.63, 3.8) is 0 Å². The number of carbonyl (C=O) groups is 2. The second kappa shape index (κ2) is 9.34. The van der Waals surface area contributed by atoms with E-state index in [1.165, 1.54) is 11.8 Å². The van der Waals surface area contributed by atoms with Crippen molar-refractivity contribution in [1.82, 2.24) is 10.2 Å². The Hall–Kier alpha value is -2.71. The van der Waals surface area contributed by atoms with Crippen LogP contribution in [-0.4, -0.2) is 41.4 Å². The minimum Gasteiger partial charge on any atom is -0.325 e. The van der Waals surface area contributed by atoms with Crippen LogP contribution in [0, 0.1) is 22.8 Å². The molecule has 0 bridgehead atoms. The van der Waals surface area contributed by atoms with Crippen molar-refractivity contribution in [1.29, 1.82) is 10.5 Å². The zero-order valence-corrected chi connectivity index (χ0v) is 13.7. The number of nitrogens with one attached hydrogen (secondary N) is 2. The van der Waals surface area contributed by atoms with Gasteiger partial charge in [-0.05, 0) is 37.4 Å². The van der Waals surface area contributed by atoms with Crippen LogP contribution in [0.3, 0.4) is 0 Å². The van der Waals surface area contributed by atoms with Gasteiger partial charge in [0.15, 0.2) is 6.19 Å². The number of benzene rings is 1. The Balaban J connectivity index is 2.72. The second-order valence-corrected chi connectivity index (χ2v) is 5.39. The predicted molar refractivity (Wildman–Crippen MR) is 88.5 cm³/mol. The van der Waals surface area contributed by atoms with Gasteiger partial charge in [-0.2, -0.15) is 22.3 Å². The lowest BCUT2D eigenvalue weighted by molar-refractivity contribution is -0.129. The van der Waals surface area contributed by atoms with Crippen molar-refractivity contribution in [3.8, 4) is 12.3 Å². The monoisotopic (exact) mass is 331 g/mol. The molecule has 0 radical (unpaired) electrons. The molecule has 0 aliphatic carbocycles. The smallest absolute Gasteiger partial charge is 0.319 e. The van der Waals surface area contributed by atoms with Gasteiger partial charge in [0.1, 0.15) is 6.04 Å². The van der Waals surface area contributed by atoms with Gasteiger partial charge in [-0.15, -0.1) is 0 Å². The van der Waals surface area contributed by atoms with Crippen LogP contribution >= 0.6 is 11.8 Å². The molecule has 3 amide bonds. The summed E-state index contributed by atoms with van der Waals surface area (Å²) in [6.45, 7) is 1.94. The third-order valence-corrected chi connectivity index (χ3v) is 3.58. The minimum absolute atomic E-state index is 0.249. The largest absolute Gasteiger partial charge is 0.325 e. The van der Waals surface area contributed by atoms with Crippen molar-refractivity contribution in [2.24, 2.45) is 0 Å². The Labute approximate surface area is 139 Å². The maximum absolute atomic E-state index is 12.2. The molecular weight excluding hydrogens is 314 g/mol. The summed E-state index contributed by atoms with van der Waals surface area (Å²) in [6.07, 6.45) is 3.61. The molecule has 1 unspecified atom stereocenters. The summed E-state index contributed by atoms with van der Waals surface area (Å²) >= 11 is 1.39. The molecule has 2 N–H and O–H groups in total. The first-order chi connectivity index (χ1) is 11.0. The van der Waals surface area contributed by atoms with E-state index in [0.717, 1.165) is 4.90 Å². The Kier molecular flexibility index (Phi) is 7.44. The summed E-state index contributed by atoms with van der Waals surface area (Å²) in [5, 5.41) is 22.8. The molecule has 0 saturated carbocycles. The molecular formula is C15H17N5O2S. The van der Waals surface area contributed by atoms with E-state index in [1.807, 2.05) is 12.3 Å². The standard InChI is InChI=1S/C15H17N5O2S/c1-3-20(10-17)14(21)13(9-23-2)19-15(22)18-12-6-4-11(8-16)5-7-12/h4-7,13H,3,9H2,1-2H3,(H2,18,19,22). The molecule has 8 heteroatoms. The molecule has 1 rings (SSSR count). The summed E-state index contributed by atoms with van der Waals surface area (Å²) in [7, 11) is 0. The van der Waals surface area contributed by atoms with Gasteiger partial charge in [-0.1, -0.05) is 0 Å². The SMILES string of the molecule is CCN(C#N)C(=O)C(CSC)NC(=O)Nc1ccc(C#N)cc1. The summed E-state index contributed by atoms with van der Waals surface area (Å²) < 4.78 is 0. The Morgan fingerprint density at radius 2 is 1.96 bits per heavy atom. The maximum atomic E-state index is 12.2. The average molecular weight is 331 g/mol. The van der Waals surface area contributed by atoms with Crippen LogP contribution in [0.1, 0.15) is 12.5 Å². The van der Waals surface area contributed by atoms with Crippen LogP contribution in [-0.2, 0) is 4.79 Å². The van der Waals surface area contributed by atoms with Gasteiger partial charge in [0.2, 0.25) is 0 Å². The number of hydrogen-bond donors (Lipinski definition) is 2. The van der Waals surface area contributed by atoms with Crippen molar-refractivity contribution in [3.05, 3.63) is 29.8 Å². The number of carbonyl (C=O) groups excluding carboxylic acids is 2. The molecule has 0 fully saturated rings. The molecule has 0 heterocycles. The lowest BCUT2D eigenvalue weighted by Gasteiger charge is -2.21. The van der Waals surface area contributed by atoms with Gasteiger partial charge >= 0.3 is 6.03 Å². The highest BCUT2D eigenvalue weighted by Crippen LogP contribution is 2.09. The van der Waals surface area contributed by atoms with E-state index in [2.05, 4.69) is 10.6 Å². The predicted octanol–water partition coefficient (Wildman–Crippen LogP) is 1.74. The number of anilines is 1. The van der Waals surface area contributed by atoms with Crippen LogP contribution in [0.2, 0.25) is 0 Å². The van der Waals surface area contributed by atoms with Crippen LogP contribution in [0.5, 0.6) is 0 Å². The first-order valence-electron chi connectivity index (χ1n) is 6.83. The van der Waals surface area contributed by atoms with Crippen molar-refractivity contribution in [2.45, 2.75) is 13.0 Å². The van der Waals surface area contributed by atoms with Gasteiger partial charge in [0, 0.05) is 18.0 Å². The summed E-state index contributed by atoms with van der Waals surface area (Å²) in [6, 6.07) is 7.00. The Bertz CT molecular complexity index is 633. The molecule has 120 valence electrons. The Morgan fingerprint density at radius 1 is 1.30 bits per heavy atom. The lowest BCUT2D eigenvalue weighted by atomic mass is 10.2. The highest BCUT2D eigenvalue weighted by atomic mass is 32.2. The molecule has 0 aliphatic heterocycles. The molecule has 0 spiro atoms. The van der Waals surface area contributed by atoms with E-state index in [9.17, 15) is 9.59 Å². The number of nitriles is 2. The molecule has 1 aromatic carbocycles.